The number of hydrogen-bond donors (Lipinski definition) is 1. The van der Waals surface area contributed by atoms with Gasteiger partial charge in [0, 0.05) is 18.8 Å². The van der Waals surface area contributed by atoms with Gasteiger partial charge >= 0.3 is 0 Å². The Bertz CT molecular complexity index is 415. The lowest BCUT2D eigenvalue weighted by molar-refractivity contribution is 0.126. The summed E-state index contributed by atoms with van der Waals surface area (Å²) in [6.07, 6.45) is 0. The highest BCUT2D eigenvalue weighted by Gasteiger charge is 2.01. The number of ether oxygens (including phenoxy) is 1. The Hall–Kier alpha value is -1.64. The van der Waals surface area contributed by atoms with Crippen molar-refractivity contribution in [2.24, 2.45) is 0 Å². The van der Waals surface area contributed by atoms with E-state index in [-0.39, 0.29) is 5.56 Å². The summed E-state index contributed by atoms with van der Waals surface area (Å²) < 4.78 is 18.7. The molecule has 0 bridgehead atoms. The highest BCUT2D eigenvalue weighted by atomic mass is 19.1. The molecule has 0 heterocycles. The van der Waals surface area contributed by atoms with Crippen LogP contribution in [0, 0.1) is 17.1 Å². The molecule has 0 aromatic heterocycles. The molecule has 98 valence electrons. The van der Waals surface area contributed by atoms with E-state index >= 15 is 0 Å². The minimum atomic E-state index is -0.504. The minimum absolute atomic E-state index is 0.0581. The molecule has 0 radical (unpaired) electrons. The van der Waals surface area contributed by atoms with Crippen molar-refractivity contribution in [1.29, 1.82) is 5.26 Å². The molecular formula is C13H18FN3O. The number of hydrogen-bond acceptors (Lipinski definition) is 4. The second-order valence-corrected chi connectivity index (χ2v) is 4.15. The van der Waals surface area contributed by atoms with Gasteiger partial charge in [0.25, 0.3) is 0 Å². The summed E-state index contributed by atoms with van der Waals surface area (Å²) in [6.45, 7) is 2.73. The Morgan fingerprint density at radius 3 is 2.78 bits per heavy atom. The summed E-state index contributed by atoms with van der Waals surface area (Å²) in [6, 6.07) is 6.25. The third kappa shape index (κ3) is 5.13. The van der Waals surface area contributed by atoms with E-state index in [9.17, 15) is 4.39 Å². The Morgan fingerprint density at radius 1 is 1.39 bits per heavy atom. The van der Waals surface area contributed by atoms with E-state index < -0.39 is 5.82 Å². The fourth-order valence-corrected chi connectivity index (χ4v) is 1.33. The zero-order valence-electron chi connectivity index (χ0n) is 10.7. The first kappa shape index (κ1) is 14.4. The summed E-state index contributed by atoms with van der Waals surface area (Å²) >= 11 is 0. The number of benzene rings is 1. The van der Waals surface area contributed by atoms with Crippen LogP contribution in [-0.4, -0.2) is 45.3 Å². The third-order valence-corrected chi connectivity index (χ3v) is 2.35. The van der Waals surface area contributed by atoms with Gasteiger partial charge in [-0.2, -0.15) is 5.26 Å². The van der Waals surface area contributed by atoms with E-state index in [0.717, 1.165) is 6.54 Å². The van der Waals surface area contributed by atoms with Gasteiger partial charge in [0.15, 0.2) is 0 Å². The van der Waals surface area contributed by atoms with Gasteiger partial charge in [0.2, 0.25) is 0 Å². The second kappa shape index (κ2) is 7.64. The SMILES string of the molecule is CN(C)CCOCCNc1ccc(C#N)c(F)c1. The molecule has 0 saturated heterocycles. The van der Waals surface area contributed by atoms with Crippen LogP contribution in [0.5, 0.6) is 0 Å². The largest absolute Gasteiger partial charge is 0.383 e. The molecule has 5 heteroatoms. The van der Waals surface area contributed by atoms with Gasteiger partial charge in [-0.3, -0.25) is 0 Å². The summed E-state index contributed by atoms with van der Waals surface area (Å²) in [5.41, 5.74) is 0.713. The smallest absolute Gasteiger partial charge is 0.143 e. The Morgan fingerprint density at radius 2 is 2.17 bits per heavy atom. The molecule has 18 heavy (non-hydrogen) atoms. The number of likely N-dealkylation sites (N-methyl/N-ethyl adjacent to an activating group) is 1. The molecule has 0 amide bonds. The van der Waals surface area contributed by atoms with Gasteiger partial charge in [-0.25, -0.2) is 4.39 Å². The van der Waals surface area contributed by atoms with Gasteiger partial charge in [0.05, 0.1) is 18.8 Å². The normalized spacial score (nSPS) is 10.4. The molecule has 0 aliphatic rings. The van der Waals surface area contributed by atoms with Gasteiger partial charge in [-0.15, -0.1) is 0 Å². The van der Waals surface area contributed by atoms with Gasteiger partial charge in [-0.05, 0) is 32.3 Å². The van der Waals surface area contributed by atoms with Crippen molar-refractivity contribution in [3.8, 4) is 6.07 Å². The quantitative estimate of drug-likeness (QED) is 0.749. The molecule has 4 nitrogen and oxygen atoms in total. The van der Waals surface area contributed by atoms with E-state index in [1.165, 1.54) is 12.1 Å². The van der Waals surface area contributed by atoms with E-state index in [0.29, 0.717) is 25.4 Å². The first-order valence-electron chi connectivity index (χ1n) is 5.79. The lowest BCUT2D eigenvalue weighted by Gasteiger charge is -2.10. The predicted octanol–water partition coefficient (Wildman–Crippen LogP) is 1.69. The fraction of sp³-hybridized carbons (Fsp3) is 0.462. The number of nitriles is 1. The monoisotopic (exact) mass is 251 g/mol. The van der Waals surface area contributed by atoms with Gasteiger partial charge < -0.3 is 15.0 Å². The number of halogens is 1. The van der Waals surface area contributed by atoms with Crippen molar-refractivity contribution >= 4 is 5.69 Å². The summed E-state index contributed by atoms with van der Waals surface area (Å²) in [5.74, 6) is -0.504. The van der Waals surface area contributed by atoms with Crippen LogP contribution in [-0.2, 0) is 4.74 Å². The van der Waals surface area contributed by atoms with Crippen LogP contribution in [0.1, 0.15) is 5.56 Å². The lowest BCUT2D eigenvalue weighted by atomic mass is 10.2. The lowest BCUT2D eigenvalue weighted by Crippen LogP contribution is -2.20. The molecule has 1 aromatic carbocycles. The topological polar surface area (TPSA) is 48.3 Å². The van der Waals surface area contributed by atoms with Crippen molar-refractivity contribution in [3.05, 3.63) is 29.6 Å². The van der Waals surface area contributed by atoms with Gasteiger partial charge in [0.1, 0.15) is 11.9 Å². The fourth-order valence-electron chi connectivity index (χ4n) is 1.33. The van der Waals surface area contributed by atoms with Crippen LogP contribution in [0.2, 0.25) is 0 Å². The zero-order chi connectivity index (χ0) is 13.4. The average molecular weight is 251 g/mol. The van der Waals surface area contributed by atoms with Crippen molar-refractivity contribution in [3.63, 3.8) is 0 Å². The number of rotatable bonds is 7. The standard InChI is InChI=1S/C13H18FN3O/c1-17(2)6-8-18-7-5-16-12-4-3-11(10-15)13(14)9-12/h3-4,9,16H,5-8H2,1-2H3. The van der Waals surface area contributed by atoms with Crippen molar-refractivity contribution in [1.82, 2.24) is 4.90 Å². The van der Waals surface area contributed by atoms with E-state index in [1.807, 2.05) is 19.0 Å². The summed E-state index contributed by atoms with van der Waals surface area (Å²) in [4.78, 5) is 2.05. The van der Waals surface area contributed by atoms with Crippen LogP contribution >= 0.6 is 0 Å². The zero-order valence-corrected chi connectivity index (χ0v) is 10.7. The summed E-state index contributed by atoms with van der Waals surface area (Å²) in [7, 11) is 3.97. The minimum Gasteiger partial charge on any atom is -0.383 e. The molecule has 1 rings (SSSR count). The Kier molecular flexibility index (Phi) is 6.12. The molecule has 0 atom stereocenters. The van der Waals surface area contributed by atoms with Gasteiger partial charge in [-0.1, -0.05) is 0 Å². The van der Waals surface area contributed by atoms with E-state index in [2.05, 4.69) is 5.32 Å². The second-order valence-electron chi connectivity index (χ2n) is 4.15. The van der Waals surface area contributed by atoms with Crippen molar-refractivity contribution < 1.29 is 9.13 Å². The maximum absolute atomic E-state index is 13.3. The molecule has 1 N–H and O–H groups in total. The van der Waals surface area contributed by atoms with Crippen molar-refractivity contribution in [2.45, 2.75) is 0 Å². The van der Waals surface area contributed by atoms with Crippen LogP contribution < -0.4 is 5.32 Å². The molecule has 0 aliphatic carbocycles. The molecule has 0 spiro atoms. The number of nitrogens with one attached hydrogen (secondary N) is 1. The molecule has 0 aliphatic heterocycles. The first-order valence-corrected chi connectivity index (χ1v) is 5.79. The molecule has 0 saturated carbocycles. The van der Waals surface area contributed by atoms with Crippen LogP contribution in [0.25, 0.3) is 0 Å². The van der Waals surface area contributed by atoms with Crippen molar-refractivity contribution in [2.75, 3.05) is 45.7 Å². The van der Waals surface area contributed by atoms with E-state index in [4.69, 9.17) is 10.00 Å². The molecule has 1 aromatic rings. The Labute approximate surface area is 107 Å². The summed E-state index contributed by atoms with van der Waals surface area (Å²) in [5, 5.41) is 11.6. The van der Waals surface area contributed by atoms with Crippen LogP contribution in [0.3, 0.4) is 0 Å². The molecule has 0 unspecified atom stereocenters. The predicted molar refractivity (Wildman–Crippen MR) is 69.0 cm³/mol. The average Bonchev–Trinajstić information content (AvgIpc) is 2.33. The maximum Gasteiger partial charge on any atom is 0.143 e. The van der Waals surface area contributed by atoms with Crippen LogP contribution in [0.15, 0.2) is 18.2 Å². The highest BCUT2D eigenvalue weighted by Crippen LogP contribution is 2.13. The van der Waals surface area contributed by atoms with Crippen LogP contribution in [0.4, 0.5) is 10.1 Å². The Balaban J connectivity index is 2.24. The van der Waals surface area contributed by atoms with E-state index in [1.54, 1.807) is 12.1 Å². The highest BCUT2D eigenvalue weighted by molar-refractivity contribution is 5.48. The number of anilines is 1. The molecular weight excluding hydrogens is 233 g/mol. The maximum atomic E-state index is 13.3. The molecule has 0 fully saturated rings. The number of nitrogens with zero attached hydrogens (tertiary/aromatic N) is 2. The first-order chi connectivity index (χ1) is 8.63. The third-order valence-electron chi connectivity index (χ3n) is 2.35.